The third-order valence-electron chi connectivity index (χ3n) is 5.22. The molecule has 2 aliphatic carbocycles. The van der Waals surface area contributed by atoms with Crippen LogP contribution in [0.1, 0.15) is 45.4 Å². The lowest BCUT2D eigenvalue weighted by atomic mass is 9.78. The zero-order valence-electron chi connectivity index (χ0n) is 12.9. The first-order valence-corrected chi connectivity index (χ1v) is 7.97. The Morgan fingerprint density at radius 3 is 2.09 bits per heavy atom. The van der Waals surface area contributed by atoms with Gasteiger partial charge in [0, 0.05) is 6.61 Å². The molecule has 2 rings (SSSR count). The quantitative estimate of drug-likeness (QED) is 0.567. The second-order valence-electron chi connectivity index (χ2n) is 6.82. The Balaban J connectivity index is 2.07. The number of rotatable bonds is 6. The highest BCUT2D eigenvalue weighted by atomic mass is 19.4. The summed E-state index contributed by atoms with van der Waals surface area (Å²) >= 11 is 0. The monoisotopic (exact) mass is 348 g/mol. The summed E-state index contributed by atoms with van der Waals surface area (Å²) in [4.78, 5) is 0. The van der Waals surface area contributed by atoms with E-state index in [1.54, 1.807) is 0 Å². The standard InChI is InChI=1S/C15H22F6O2/c1-2-3-4-23-12-7-9-5-10(11(12)6-9)8-13(22,14(16,17)18)15(19,20)21/h9-12,22H,2-8H2,1H3. The molecule has 0 aromatic carbocycles. The van der Waals surface area contributed by atoms with Gasteiger partial charge in [0.1, 0.15) is 0 Å². The molecule has 4 unspecified atom stereocenters. The first-order valence-electron chi connectivity index (χ1n) is 7.97. The number of fused-ring (bicyclic) bond motifs is 2. The SMILES string of the molecule is CCCCOC1CC2CC(CC(O)(C(F)(F)F)C(F)(F)F)C1C2. The third-order valence-corrected chi connectivity index (χ3v) is 5.22. The van der Waals surface area contributed by atoms with Crippen molar-refractivity contribution < 1.29 is 36.2 Å². The van der Waals surface area contributed by atoms with Gasteiger partial charge in [-0.1, -0.05) is 13.3 Å². The van der Waals surface area contributed by atoms with E-state index in [4.69, 9.17) is 4.74 Å². The average molecular weight is 348 g/mol. The van der Waals surface area contributed by atoms with Gasteiger partial charge >= 0.3 is 12.4 Å². The van der Waals surface area contributed by atoms with Gasteiger partial charge in [-0.15, -0.1) is 0 Å². The minimum Gasteiger partial charge on any atom is -0.378 e. The molecule has 0 aromatic heterocycles. The summed E-state index contributed by atoms with van der Waals surface area (Å²) in [6.07, 6.45) is -9.76. The number of hydrogen-bond acceptors (Lipinski definition) is 2. The van der Waals surface area contributed by atoms with Gasteiger partial charge in [-0.25, -0.2) is 0 Å². The highest BCUT2D eigenvalue weighted by Crippen LogP contribution is 2.56. The first kappa shape index (κ1) is 18.8. The van der Waals surface area contributed by atoms with Crippen LogP contribution in [0.4, 0.5) is 26.3 Å². The summed E-state index contributed by atoms with van der Waals surface area (Å²) in [7, 11) is 0. The molecule has 136 valence electrons. The molecule has 0 amide bonds. The highest BCUT2D eigenvalue weighted by molar-refractivity contribution is 5.03. The van der Waals surface area contributed by atoms with Gasteiger partial charge in [0.15, 0.2) is 0 Å². The van der Waals surface area contributed by atoms with Crippen LogP contribution in [0, 0.1) is 17.8 Å². The lowest BCUT2D eigenvalue weighted by Crippen LogP contribution is -2.58. The molecule has 4 atom stereocenters. The normalized spacial score (nSPS) is 31.8. The van der Waals surface area contributed by atoms with Crippen LogP contribution < -0.4 is 0 Å². The van der Waals surface area contributed by atoms with Gasteiger partial charge in [-0.3, -0.25) is 0 Å². The molecule has 8 heteroatoms. The Bertz CT molecular complexity index is 392. The Kier molecular flexibility index (Phi) is 5.26. The largest absolute Gasteiger partial charge is 0.426 e. The molecule has 0 saturated heterocycles. The maximum atomic E-state index is 12.8. The van der Waals surface area contributed by atoms with Crippen LogP contribution in [0.15, 0.2) is 0 Å². The molecule has 2 nitrogen and oxygen atoms in total. The number of unbranched alkanes of at least 4 members (excludes halogenated alkanes) is 1. The predicted octanol–water partition coefficient (Wildman–Crippen LogP) is 4.46. The van der Waals surface area contributed by atoms with Crippen LogP contribution in [0.3, 0.4) is 0 Å². The lowest BCUT2D eigenvalue weighted by Gasteiger charge is -2.38. The number of alkyl halides is 6. The summed E-state index contributed by atoms with van der Waals surface area (Å²) in [6, 6.07) is 0. The van der Waals surface area contributed by atoms with Crippen LogP contribution >= 0.6 is 0 Å². The van der Waals surface area contributed by atoms with Crippen molar-refractivity contribution in [1.82, 2.24) is 0 Å². The molecule has 2 aliphatic rings. The Labute approximate surface area is 131 Å². The van der Waals surface area contributed by atoms with Gasteiger partial charge in [0.2, 0.25) is 0 Å². The molecule has 23 heavy (non-hydrogen) atoms. The van der Waals surface area contributed by atoms with Gasteiger partial charge in [0.25, 0.3) is 5.60 Å². The summed E-state index contributed by atoms with van der Waals surface area (Å²) in [5.74, 6) is -1.04. The fourth-order valence-corrected chi connectivity index (χ4v) is 4.00. The van der Waals surface area contributed by atoms with Crippen molar-refractivity contribution in [2.75, 3.05) is 6.61 Å². The van der Waals surface area contributed by atoms with E-state index < -0.39 is 30.3 Å². The van der Waals surface area contributed by atoms with Gasteiger partial charge < -0.3 is 9.84 Å². The molecule has 2 fully saturated rings. The zero-order chi connectivity index (χ0) is 17.5. The highest BCUT2D eigenvalue weighted by Gasteiger charge is 2.71. The molecule has 0 heterocycles. The number of aliphatic hydroxyl groups is 1. The minimum atomic E-state index is -5.73. The summed E-state index contributed by atoms with van der Waals surface area (Å²) in [6.45, 7) is 2.44. The van der Waals surface area contributed by atoms with Gasteiger partial charge in [-0.05, 0) is 49.9 Å². The smallest absolute Gasteiger partial charge is 0.378 e. The fraction of sp³-hybridized carbons (Fsp3) is 1.00. The maximum absolute atomic E-state index is 12.8. The predicted molar refractivity (Wildman–Crippen MR) is 70.6 cm³/mol. The van der Waals surface area contributed by atoms with Crippen molar-refractivity contribution in [3.63, 3.8) is 0 Å². The zero-order valence-corrected chi connectivity index (χ0v) is 12.9. The van der Waals surface area contributed by atoms with Crippen LogP contribution in [0.5, 0.6) is 0 Å². The average Bonchev–Trinajstić information content (AvgIpc) is 2.95. The van der Waals surface area contributed by atoms with E-state index in [0.29, 0.717) is 25.9 Å². The minimum absolute atomic E-state index is 0.0994. The van der Waals surface area contributed by atoms with Crippen molar-refractivity contribution in [2.24, 2.45) is 17.8 Å². The Morgan fingerprint density at radius 1 is 1.00 bits per heavy atom. The van der Waals surface area contributed by atoms with E-state index in [2.05, 4.69) is 0 Å². The Morgan fingerprint density at radius 2 is 1.61 bits per heavy atom. The molecular weight excluding hydrogens is 326 g/mol. The molecule has 0 radical (unpaired) electrons. The van der Waals surface area contributed by atoms with Crippen molar-refractivity contribution in [3.8, 4) is 0 Å². The van der Waals surface area contributed by atoms with Crippen LogP contribution in [0.2, 0.25) is 0 Å². The second-order valence-corrected chi connectivity index (χ2v) is 6.82. The molecule has 0 spiro atoms. The van der Waals surface area contributed by atoms with Gasteiger partial charge in [0.05, 0.1) is 6.10 Å². The van der Waals surface area contributed by atoms with Crippen molar-refractivity contribution >= 4 is 0 Å². The molecule has 2 saturated carbocycles. The third kappa shape index (κ3) is 3.62. The number of halogens is 6. The van der Waals surface area contributed by atoms with E-state index in [9.17, 15) is 31.4 Å². The maximum Gasteiger partial charge on any atom is 0.426 e. The molecule has 1 N–H and O–H groups in total. The fourth-order valence-electron chi connectivity index (χ4n) is 4.00. The van der Waals surface area contributed by atoms with Crippen molar-refractivity contribution in [1.29, 1.82) is 0 Å². The first-order chi connectivity index (χ1) is 10.5. The van der Waals surface area contributed by atoms with Crippen molar-refractivity contribution in [2.45, 2.75) is 69.5 Å². The topological polar surface area (TPSA) is 29.5 Å². The molecular formula is C15H22F6O2. The molecule has 2 bridgehead atoms. The Hall–Kier alpha value is -0.500. The van der Waals surface area contributed by atoms with Crippen LogP contribution in [-0.4, -0.2) is 35.8 Å². The van der Waals surface area contributed by atoms with E-state index in [1.807, 2.05) is 6.92 Å². The van der Waals surface area contributed by atoms with E-state index in [1.165, 1.54) is 0 Å². The summed E-state index contributed by atoms with van der Waals surface area (Å²) < 4.78 is 82.7. The molecule has 0 aromatic rings. The van der Waals surface area contributed by atoms with E-state index >= 15 is 0 Å². The van der Waals surface area contributed by atoms with Crippen LogP contribution in [-0.2, 0) is 4.74 Å². The number of ether oxygens (including phenoxy) is 1. The van der Waals surface area contributed by atoms with E-state index in [0.717, 1.165) is 12.8 Å². The molecule has 0 aliphatic heterocycles. The second kappa shape index (κ2) is 6.43. The lowest BCUT2D eigenvalue weighted by molar-refractivity contribution is -0.373. The van der Waals surface area contributed by atoms with Crippen LogP contribution in [0.25, 0.3) is 0 Å². The number of hydrogen-bond donors (Lipinski definition) is 1. The van der Waals surface area contributed by atoms with Gasteiger partial charge in [-0.2, -0.15) is 26.3 Å². The van der Waals surface area contributed by atoms with E-state index in [-0.39, 0.29) is 17.9 Å². The summed E-state index contributed by atoms with van der Waals surface area (Å²) in [5, 5.41) is 9.38. The summed E-state index contributed by atoms with van der Waals surface area (Å²) in [5.41, 5.74) is -4.64. The van der Waals surface area contributed by atoms with Crippen molar-refractivity contribution in [3.05, 3.63) is 0 Å².